The van der Waals surface area contributed by atoms with Crippen molar-refractivity contribution in [2.75, 3.05) is 19.6 Å². The van der Waals surface area contributed by atoms with Crippen LogP contribution in [0.4, 0.5) is 4.79 Å². The summed E-state index contributed by atoms with van der Waals surface area (Å²) in [6.07, 6.45) is 3.75. The zero-order chi connectivity index (χ0) is 17.8. The van der Waals surface area contributed by atoms with Gasteiger partial charge in [-0.25, -0.2) is 4.79 Å². The van der Waals surface area contributed by atoms with Gasteiger partial charge in [-0.2, -0.15) is 0 Å². The van der Waals surface area contributed by atoms with Crippen LogP contribution in [0.25, 0.3) is 0 Å². The number of piperidine rings is 1. The highest BCUT2D eigenvalue weighted by molar-refractivity contribution is 6.30. The first-order valence-electron chi connectivity index (χ1n) is 9.12. The van der Waals surface area contributed by atoms with Crippen molar-refractivity contribution in [2.45, 2.75) is 45.2 Å². The van der Waals surface area contributed by atoms with Crippen LogP contribution in [0.3, 0.4) is 0 Å². The normalized spacial score (nSPS) is 21.4. The molecule has 1 aromatic rings. The van der Waals surface area contributed by atoms with Gasteiger partial charge in [-0.1, -0.05) is 30.7 Å². The molecule has 1 N–H and O–H groups in total. The monoisotopic (exact) mass is 363 g/mol. The molecule has 0 unspecified atom stereocenters. The molecule has 2 saturated heterocycles. The molecular weight excluding hydrogens is 338 g/mol. The van der Waals surface area contributed by atoms with Crippen LogP contribution in [0.1, 0.15) is 38.2 Å². The molecule has 2 heterocycles. The Labute approximate surface area is 154 Å². The van der Waals surface area contributed by atoms with Crippen molar-refractivity contribution < 1.29 is 9.59 Å². The zero-order valence-electron chi connectivity index (χ0n) is 14.7. The standard InChI is InChI=1S/C19H26ClN3O2/c1-14-7-10-22(11-8-14)18(24)17-6-3-9-23(17)19(25)21-13-15-4-2-5-16(20)12-15/h2,4-5,12,14,17H,3,6-11,13H2,1H3,(H,21,25)/t17-/m0/s1. The lowest BCUT2D eigenvalue weighted by Crippen LogP contribution is -2.52. The fourth-order valence-corrected chi connectivity index (χ4v) is 3.85. The second-order valence-electron chi connectivity index (χ2n) is 7.15. The third-order valence-corrected chi connectivity index (χ3v) is 5.46. The predicted octanol–water partition coefficient (Wildman–Crippen LogP) is 3.27. The van der Waals surface area contributed by atoms with Gasteiger partial charge in [0.05, 0.1) is 0 Å². The highest BCUT2D eigenvalue weighted by atomic mass is 35.5. The van der Waals surface area contributed by atoms with Crippen molar-refractivity contribution in [3.8, 4) is 0 Å². The third-order valence-electron chi connectivity index (χ3n) is 5.23. The van der Waals surface area contributed by atoms with Gasteiger partial charge < -0.3 is 15.1 Å². The minimum atomic E-state index is -0.312. The molecule has 0 bridgehead atoms. The van der Waals surface area contributed by atoms with Crippen LogP contribution in [0, 0.1) is 5.92 Å². The van der Waals surface area contributed by atoms with Crippen LogP contribution >= 0.6 is 11.6 Å². The maximum atomic E-state index is 12.8. The third kappa shape index (κ3) is 4.46. The first-order valence-corrected chi connectivity index (χ1v) is 9.50. The molecule has 0 aromatic heterocycles. The molecule has 6 heteroatoms. The van der Waals surface area contributed by atoms with Gasteiger partial charge in [0.2, 0.25) is 5.91 Å². The molecule has 1 atom stereocenters. The predicted molar refractivity (Wildman–Crippen MR) is 98.4 cm³/mol. The van der Waals surface area contributed by atoms with Crippen LogP contribution in [-0.4, -0.2) is 47.4 Å². The van der Waals surface area contributed by atoms with E-state index >= 15 is 0 Å². The lowest BCUT2D eigenvalue weighted by atomic mass is 9.98. The fraction of sp³-hybridized carbons (Fsp3) is 0.579. The number of urea groups is 1. The number of carbonyl (C=O) groups excluding carboxylic acids is 2. The van der Waals surface area contributed by atoms with Crippen molar-refractivity contribution in [2.24, 2.45) is 5.92 Å². The number of halogens is 1. The Balaban J connectivity index is 1.57. The Kier molecular flexibility index (Phi) is 5.84. The molecule has 0 saturated carbocycles. The number of nitrogens with zero attached hydrogens (tertiary/aromatic N) is 2. The summed E-state index contributed by atoms with van der Waals surface area (Å²) in [4.78, 5) is 29.0. The first-order chi connectivity index (χ1) is 12.0. The topological polar surface area (TPSA) is 52.7 Å². The van der Waals surface area contributed by atoms with E-state index in [-0.39, 0.29) is 18.0 Å². The Bertz CT molecular complexity index is 629. The minimum absolute atomic E-state index is 0.113. The smallest absolute Gasteiger partial charge is 0.318 e. The summed E-state index contributed by atoms with van der Waals surface area (Å²) in [7, 11) is 0. The molecule has 136 valence electrons. The largest absolute Gasteiger partial charge is 0.341 e. The van der Waals surface area contributed by atoms with Crippen molar-refractivity contribution in [3.05, 3.63) is 34.9 Å². The van der Waals surface area contributed by atoms with E-state index < -0.39 is 0 Å². The van der Waals surface area contributed by atoms with E-state index in [1.807, 2.05) is 29.2 Å². The summed E-state index contributed by atoms with van der Waals surface area (Å²) in [5, 5.41) is 3.57. The molecule has 3 amide bonds. The number of benzene rings is 1. The van der Waals surface area contributed by atoms with E-state index in [4.69, 9.17) is 11.6 Å². The lowest BCUT2D eigenvalue weighted by molar-refractivity contribution is -0.136. The SMILES string of the molecule is CC1CCN(C(=O)[C@@H]2CCCN2C(=O)NCc2cccc(Cl)c2)CC1. The van der Waals surface area contributed by atoms with Gasteiger partial charge in [0.15, 0.2) is 0 Å². The quantitative estimate of drug-likeness (QED) is 0.896. The number of amides is 3. The van der Waals surface area contributed by atoms with Gasteiger partial charge in [0.25, 0.3) is 0 Å². The summed E-state index contributed by atoms with van der Waals surface area (Å²) < 4.78 is 0. The van der Waals surface area contributed by atoms with Crippen LogP contribution in [0.5, 0.6) is 0 Å². The maximum absolute atomic E-state index is 12.8. The fourth-order valence-electron chi connectivity index (χ4n) is 3.63. The van der Waals surface area contributed by atoms with Crippen LogP contribution in [0.2, 0.25) is 5.02 Å². The molecule has 0 radical (unpaired) electrons. The van der Waals surface area contributed by atoms with Gasteiger partial charge in [-0.15, -0.1) is 0 Å². The Morgan fingerprint density at radius 1 is 1.20 bits per heavy atom. The molecule has 0 spiro atoms. The highest BCUT2D eigenvalue weighted by Gasteiger charge is 2.37. The van der Waals surface area contributed by atoms with E-state index in [2.05, 4.69) is 12.2 Å². The second-order valence-corrected chi connectivity index (χ2v) is 7.58. The average Bonchev–Trinajstić information content (AvgIpc) is 3.09. The molecule has 25 heavy (non-hydrogen) atoms. The number of carbonyl (C=O) groups is 2. The first kappa shape index (κ1) is 18.1. The molecule has 5 nitrogen and oxygen atoms in total. The summed E-state index contributed by atoms with van der Waals surface area (Å²) >= 11 is 5.97. The number of likely N-dealkylation sites (tertiary alicyclic amines) is 2. The van der Waals surface area contributed by atoms with E-state index in [1.165, 1.54) is 0 Å². The number of hydrogen-bond donors (Lipinski definition) is 1. The van der Waals surface area contributed by atoms with Gasteiger partial charge in [0, 0.05) is 31.2 Å². The van der Waals surface area contributed by atoms with Gasteiger partial charge in [0.1, 0.15) is 6.04 Å². The highest BCUT2D eigenvalue weighted by Crippen LogP contribution is 2.23. The Hall–Kier alpha value is -1.75. The average molecular weight is 364 g/mol. The number of rotatable bonds is 3. The summed E-state index contributed by atoms with van der Waals surface area (Å²) in [5.41, 5.74) is 0.952. The van der Waals surface area contributed by atoms with Crippen molar-refractivity contribution in [1.29, 1.82) is 0 Å². The number of hydrogen-bond acceptors (Lipinski definition) is 2. The van der Waals surface area contributed by atoms with E-state index in [0.29, 0.717) is 24.0 Å². The molecule has 2 aliphatic rings. The molecule has 2 aliphatic heterocycles. The van der Waals surface area contributed by atoms with Gasteiger partial charge in [-0.05, 0) is 49.3 Å². The summed E-state index contributed by atoms with van der Waals surface area (Å²) in [5.74, 6) is 0.798. The minimum Gasteiger partial charge on any atom is -0.341 e. The zero-order valence-corrected chi connectivity index (χ0v) is 15.5. The lowest BCUT2D eigenvalue weighted by Gasteiger charge is -2.34. The number of nitrogens with one attached hydrogen (secondary N) is 1. The van der Waals surface area contributed by atoms with E-state index in [1.54, 1.807) is 4.90 Å². The Morgan fingerprint density at radius 3 is 2.68 bits per heavy atom. The molecular formula is C19H26ClN3O2. The summed E-state index contributed by atoms with van der Waals surface area (Å²) in [6.45, 7) is 4.91. The van der Waals surface area contributed by atoms with E-state index in [0.717, 1.165) is 44.3 Å². The maximum Gasteiger partial charge on any atom is 0.318 e. The van der Waals surface area contributed by atoms with Crippen LogP contribution in [-0.2, 0) is 11.3 Å². The molecule has 2 fully saturated rings. The molecule has 3 rings (SSSR count). The Morgan fingerprint density at radius 2 is 1.96 bits per heavy atom. The molecule has 1 aromatic carbocycles. The second kappa shape index (κ2) is 8.09. The van der Waals surface area contributed by atoms with Gasteiger partial charge in [-0.3, -0.25) is 4.79 Å². The van der Waals surface area contributed by atoms with Crippen molar-refractivity contribution in [1.82, 2.24) is 15.1 Å². The van der Waals surface area contributed by atoms with Crippen molar-refractivity contribution in [3.63, 3.8) is 0 Å². The molecule has 0 aliphatic carbocycles. The van der Waals surface area contributed by atoms with Gasteiger partial charge >= 0.3 is 6.03 Å². The van der Waals surface area contributed by atoms with Crippen LogP contribution in [0.15, 0.2) is 24.3 Å². The van der Waals surface area contributed by atoms with Crippen LogP contribution < -0.4 is 5.32 Å². The van der Waals surface area contributed by atoms with E-state index in [9.17, 15) is 9.59 Å². The summed E-state index contributed by atoms with van der Waals surface area (Å²) in [6, 6.07) is 6.95. The van der Waals surface area contributed by atoms with Crippen molar-refractivity contribution >= 4 is 23.5 Å².